The van der Waals surface area contributed by atoms with Crippen LogP contribution in [0.2, 0.25) is 0 Å². The van der Waals surface area contributed by atoms with Gasteiger partial charge in [0.25, 0.3) is 0 Å². The molecule has 0 saturated heterocycles. The van der Waals surface area contributed by atoms with Crippen molar-refractivity contribution in [2.75, 3.05) is 7.11 Å². The van der Waals surface area contributed by atoms with Crippen LogP contribution >= 0.6 is 0 Å². The molecule has 0 amide bonds. The zero-order chi connectivity index (χ0) is 13.9. The van der Waals surface area contributed by atoms with Crippen molar-refractivity contribution in [2.24, 2.45) is 4.99 Å². The SMILES string of the molecule is COc1ccc(C=N/C=C/C=C/C=C/C(C)=O)cc1. The number of carbonyl (C=O) groups excluding carboxylic acids is 1. The van der Waals surface area contributed by atoms with Crippen LogP contribution in [0.3, 0.4) is 0 Å². The van der Waals surface area contributed by atoms with Gasteiger partial charge in [0, 0.05) is 12.4 Å². The molecule has 3 nitrogen and oxygen atoms in total. The number of benzene rings is 1. The predicted molar refractivity (Wildman–Crippen MR) is 78.7 cm³/mol. The fourth-order valence-corrected chi connectivity index (χ4v) is 1.24. The number of ketones is 1. The first-order valence-corrected chi connectivity index (χ1v) is 5.90. The Morgan fingerprint density at radius 2 is 1.79 bits per heavy atom. The Labute approximate surface area is 113 Å². The average molecular weight is 255 g/mol. The van der Waals surface area contributed by atoms with Gasteiger partial charge in [0.1, 0.15) is 5.75 Å². The third-order valence-corrected chi connectivity index (χ3v) is 2.18. The maximum atomic E-state index is 10.6. The summed E-state index contributed by atoms with van der Waals surface area (Å²) in [6, 6.07) is 7.64. The lowest BCUT2D eigenvalue weighted by Crippen LogP contribution is -1.83. The van der Waals surface area contributed by atoms with E-state index >= 15 is 0 Å². The summed E-state index contributed by atoms with van der Waals surface area (Å²) in [4.78, 5) is 14.8. The van der Waals surface area contributed by atoms with Gasteiger partial charge in [-0.25, -0.2) is 0 Å². The minimum Gasteiger partial charge on any atom is -0.497 e. The van der Waals surface area contributed by atoms with Crippen molar-refractivity contribution in [1.29, 1.82) is 0 Å². The largest absolute Gasteiger partial charge is 0.497 e. The number of rotatable bonds is 6. The Morgan fingerprint density at radius 3 is 2.42 bits per heavy atom. The van der Waals surface area contributed by atoms with E-state index in [9.17, 15) is 4.79 Å². The molecule has 0 bridgehead atoms. The lowest BCUT2D eigenvalue weighted by atomic mass is 10.2. The predicted octanol–water partition coefficient (Wildman–Crippen LogP) is 3.33. The summed E-state index contributed by atoms with van der Waals surface area (Å²) in [6.07, 6.45) is 12.0. The summed E-state index contributed by atoms with van der Waals surface area (Å²) >= 11 is 0. The molecule has 98 valence electrons. The van der Waals surface area contributed by atoms with Crippen molar-refractivity contribution in [3.8, 4) is 5.75 Å². The first-order chi connectivity index (χ1) is 9.22. The Hall–Kier alpha value is -2.42. The number of methoxy groups -OCH3 is 1. The molecular weight excluding hydrogens is 238 g/mol. The summed E-state index contributed by atoms with van der Waals surface area (Å²) in [5.41, 5.74) is 1.01. The van der Waals surface area contributed by atoms with E-state index in [4.69, 9.17) is 4.74 Å². The maximum Gasteiger partial charge on any atom is 0.152 e. The molecule has 0 atom stereocenters. The van der Waals surface area contributed by atoms with E-state index in [2.05, 4.69) is 4.99 Å². The Balaban J connectivity index is 2.42. The number of carbonyl (C=O) groups is 1. The number of allylic oxidation sites excluding steroid dienone is 5. The number of nitrogens with zero attached hydrogens (tertiary/aromatic N) is 1. The lowest BCUT2D eigenvalue weighted by molar-refractivity contribution is -0.112. The summed E-state index contributed by atoms with van der Waals surface area (Å²) in [5.74, 6) is 0.860. The highest BCUT2D eigenvalue weighted by Gasteiger charge is 1.89. The topological polar surface area (TPSA) is 38.7 Å². The molecule has 1 aromatic carbocycles. The first-order valence-electron chi connectivity index (χ1n) is 5.90. The highest BCUT2D eigenvalue weighted by molar-refractivity contribution is 5.87. The van der Waals surface area contributed by atoms with Gasteiger partial charge in [0.2, 0.25) is 0 Å². The second-order valence-electron chi connectivity index (χ2n) is 3.75. The molecule has 0 N–H and O–H groups in total. The van der Waals surface area contributed by atoms with Crippen LogP contribution in [0.1, 0.15) is 12.5 Å². The minimum atomic E-state index is 0.0335. The van der Waals surface area contributed by atoms with E-state index in [0.717, 1.165) is 11.3 Å². The number of aliphatic imine (C=N–C) groups is 1. The Morgan fingerprint density at radius 1 is 1.11 bits per heavy atom. The van der Waals surface area contributed by atoms with Crippen LogP contribution in [0.5, 0.6) is 5.75 Å². The van der Waals surface area contributed by atoms with Crippen molar-refractivity contribution >= 4 is 12.0 Å². The lowest BCUT2D eigenvalue weighted by Gasteiger charge is -1.97. The molecular formula is C16H17NO2. The van der Waals surface area contributed by atoms with E-state index in [1.54, 1.807) is 37.8 Å². The van der Waals surface area contributed by atoms with Crippen LogP contribution in [0.4, 0.5) is 0 Å². The number of hydrogen-bond acceptors (Lipinski definition) is 3. The third kappa shape index (κ3) is 6.78. The van der Waals surface area contributed by atoms with Gasteiger partial charge in [-0.2, -0.15) is 0 Å². The molecule has 3 heteroatoms. The standard InChI is InChI=1S/C16H17NO2/c1-14(18)7-5-3-4-6-12-17-13-15-8-10-16(19-2)11-9-15/h3-13H,1-2H3/b4-3+,7-5+,12-6+,17-13?. The molecule has 0 aliphatic rings. The number of hydrogen-bond donors (Lipinski definition) is 0. The highest BCUT2D eigenvalue weighted by atomic mass is 16.5. The van der Waals surface area contributed by atoms with Crippen LogP contribution in [0.15, 0.2) is 65.8 Å². The Bertz CT molecular complexity index is 508. The van der Waals surface area contributed by atoms with Crippen LogP contribution in [-0.2, 0) is 4.79 Å². The second kappa shape index (κ2) is 8.64. The summed E-state index contributed by atoms with van der Waals surface area (Å²) < 4.78 is 5.07. The van der Waals surface area contributed by atoms with Crippen LogP contribution in [0.25, 0.3) is 0 Å². The van der Waals surface area contributed by atoms with Gasteiger partial charge < -0.3 is 4.74 Å². The number of ether oxygens (including phenoxy) is 1. The van der Waals surface area contributed by atoms with E-state index in [0.29, 0.717) is 0 Å². The molecule has 19 heavy (non-hydrogen) atoms. The van der Waals surface area contributed by atoms with Crippen molar-refractivity contribution < 1.29 is 9.53 Å². The second-order valence-corrected chi connectivity index (χ2v) is 3.75. The van der Waals surface area contributed by atoms with Gasteiger partial charge in [-0.15, -0.1) is 0 Å². The van der Waals surface area contributed by atoms with Crippen LogP contribution in [-0.4, -0.2) is 19.1 Å². The van der Waals surface area contributed by atoms with Gasteiger partial charge in [0.15, 0.2) is 5.78 Å². The van der Waals surface area contributed by atoms with E-state index in [1.807, 2.05) is 30.3 Å². The zero-order valence-corrected chi connectivity index (χ0v) is 11.1. The van der Waals surface area contributed by atoms with Gasteiger partial charge in [-0.3, -0.25) is 9.79 Å². The van der Waals surface area contributed by atoms with Crippen molar-refractivity contribution in [1.82, 2.24) is 0 Å². The molecule has 0 spiro atoms. The summed E-state index contributed by atoms with van der Waals surface area (Å²) in [7, 11) is 1.64. The van der Waals surface area contributed by atoms with Gasteiger partial charge >= 0.3 is 0 Å². The van der Waals surface area contributed by atoms with E-state index in [-0.39, 0.29) is 5.78 Å². The van der Waals surface area contributed by atoms with Crippen molar-refractivity contribution in [3.05, 3.63) is 66.4 Å². The van der Waals surface area contributed by atoms with Gasteiger partial charge in [-0.1, -0.05) is 18.2 Å². The van der Waals surface area contributed by atoms with E-state index < -0.39 is 0 Å². The Kier molecular flexibility index (Phi) is 6.66. The van der Waals surface area contributed by atoms with Crippen LogP contribution in [0, 0.1) is 0 Å². The molecule has 0 saturated carbocycles. The molecule has 0 unspecified atom stereocenters. The fourth-order valence-electron chi connectivity index (χ4n) is 1.24. The molecule has 1 rings (SSSR count). The molecule has 0 aliphatic heterocycles. The average Bonchev–Trinajstić information content (AvgIpc) is 2.42. The zero-order valence-electron chi connectivity index (χ0n) is 11.1. The van der Waals surface area contributed by atoms with Gasteiger partial charge in [-0.05, 0) is 48.9 Å². The molecule has 0 fully saturated rings. The maximum absolute atomic E-state index is 10.6. The molecule has 0 heterocycles. The highest BCUT2D eigenvalue weighted by Crippen LogP contribution is 2.09. The summed E-state index contributed by atoms with van der Waals surface area (Å²) in [5, 5.41) is 0. The van der Waals surface area contributed by atoms with Crippen molar-refractivity contribution in [2.45, 2.75) is 6.92 Å². The van der Waals surface area contributed by atoms with E-state index in [1.165, 1.54) is 13.0 Å². The smallest absolute Gasteiger partial charge is 0.152 e. The normalized spacial score (nSPS) is 12.1. The quantitative estimate of drug-likeness (QED) is 0.444. The fraction of sp³-hybridized carbons (Fsp3) is 0.125. The molecule has 1 aromatic rings. The molecule has 0 aromatic heterocycles. The van der Waals surface area contributed by atoms with Crippen LogP contribution < -0.4 is 4.74 Å². The third-order valence-electron chi connectivity index (χ3n) is 2.18. The monoisotopic (exact) mass is 255 g/mol. The molecule has 0 radical (unpaired) electrons. The molecule has 0 aliphatic carbocycles. The minimum absolute atomic E-state index is 0.0335. The summed E-state index contributed by atoms with van der Waals surface area (Å²) in [6.45, 7) is 1.51. The van der Waals surface area contributed by atoms with Crippen molar-refractivity contribution in [3.63, 3.8) is 0 Å². The van der Waals surface area contributed by atoms with Gasteiger partial charge in [0.05, 0.1) is 7.11 Å². The first kappa shape index (κ1) is 14.6.